The Balaban J connectivity index is 2.56. The number of phosphoric acid groups is 3. The largest absolute Gasteiger partial charge is 0.756 e. The molecule has 0 aliphatic carbocycles. The molecule has 6 atom stereocenters. The fraction of sp³-hybridized carbons (Fsp3) is 1.00. The Hall–Kier alpha value is 0.395. The Kier molecular flexibility index (Phi) is 6.37. The highest BCUT2D eigenvalue weighted by molar-refractivity contribution is 7.65. The molecule has 6 unspecified atom stereocenters. The van der Waals surface area contributed by atoms with Crippen molar-refractivity contribution in [3.63, 3.8) is 0 Å². The zero-order valence-electron chi connectivity index (χ0n) is 10.0. The van der Waals surface area contributed by atoms with E-state index in [1.807, 2.05) is 0 Å². The zero-order chi connectivity index (χ0) is 16.5. The molecule has 0 bridgehead atoms. The van der Waals surface area contributed by atoms with E-state index in [1.54, 1.807) is 0 Å². The molecule has 0 aromatic heterocycles. The van der Waals surface area contributed by atoms with Gasteiger partial charge in [-0.05, 0) is 6.42 Å². The summed E-state index contributed by atoms with van der Waals surface area (Å²) in [6, 6.07) is -0.852. The quantitative estimate of drug-likeness (QED) is 0.345. The molecule has 122 valence electrons. The summed E-state index contributed by atoms with van der Waals surface area (Å²) >= 11 is 0. The fourth-order valence-corrected chi connectivity index (χ4v) is 4.26. The Bertz CT molecular complexity index is 503. The predicted octanol–water partition coefficient (Wildman–Crippen LogP) is -2.92. The van der Waals surface area contributed by atoms with Crippen LogP contribution in [0.1, 0.15) is 6.42 Å². The number of hydrogen-bond acceptors (Lipinski definition) is 11. The predicted molar refractivity (Wildman–Crippen MR) is 58.2 cm³/mol. The number of hydrogen-bond donors (Lipinski definition) is 2. The molecule has 21 heavy (non-hydrogen) atoms. The van der Waals surface area contributed by atoms with Gasteiger partial charge in [-0.15, -0.1) is 0 Å². The Morgan fingerprint density at radius 2 is 1.76 bits per heavy atom. The zero-order valence-corrected chi connectivity index (χ0v) is 12.7. The third kappa shape index (κ3) is 7.47. The van der Waals surface area contributed by atoms with Gasteiger partial charge in [-0.3, -0.25) is 13.7 Å². The minimum Gasteiger partial charge on any atom is -0.756 e. The van der Waals surface area contributed by atoms with Crippen LogP contribution in [0, 0.1) is 0 Å². The number of rotatable bonds is 7. The highest BCUT2D eigenvalue weighted by Crippen LogP contribution is 2.61. The first kappa shape index (κ1) is 19.4. The topological polar surface area (TPSA) is 198 Å². The molecule has 16 heteroatoms. The molecular formula is C5H9BO12P3-3. The second-order valence-electron chi connectivity index (χ2n) is 3.84. The SMILES string of the molecule is [B]C1CC(O)C(COP(=O)([O-])OP(=O)([O-])OP(=O)([O-])O)O1. The summed E-state index contributed by atoms with van der Waals surface area (Å²) in [5.74, 6) is 0. The molecule has 0 spiro atoms. The Labute approximate surface area is 119 Å². The van der Waals surface area contributed by atoms with Crippen LogP contribution in [0.15, 0.2) is 0 Å². The van der Waals surface area contributed by atoms with E-state index in [0.717, 1.165) is 0 Å². The van der Waals surface area contributed by atoms with E-state index in [1.165, 1.54) is 0 Å². The molecule has 1 heterocycles. The van der Waals surface area contributed by atoms with Crippen LogP contribution < -0.4 is 14.7 Å². The van der Waals surface area contributed by atoms with Crippen LogP contribution in [0.25, 0.3) is 0 Å². The van der Waals surface area contributed by atoms with Gasteiger partial charge in [0, 0.05) is 6.00 Å². The van der Waals surface area contributed by atoms with E-state index in [-0.39, 0.29) is 6.42 Å². The minimum absolute atomic E-state index is 0.00504. The molecule has 0 aromatic carbocycles. The van der Waals surface area contributed by atoms with Crippen molar-refractivity contribution >= 4 is 31.3 Å². The van der Waals surface area contributed by atoms with Gasteiger partial charge in [0.2, 0.25) is 0 Å². The van der Waals surface area contributed by atoms with Crippen molar-refractivity contribution < 1.29 is 56.3 Å². The second kappa shape index (κ2) is 6.88. The van der Waals surface area contributed by atoms with Crippen molar-refractivity contribution in [3.8, 4) is 0 Å². The number of aliphatic hydroxyl groups excluding tert-OH is 1. The first-order chi connectivity index (χ1) is 9.30. The summed E-state index contributed by atoms with van der Waals surface area (Å²) in [5.41, 5.74) is 0. The number of aliphatic hydroxyl groups is 1. The number of phosphoric ester groups is 1. The van der Waals surface area contributed by atoms with E-state index in [2.05, 4.69) is 13.1 Å². The molecule has 1 saturated heterocycles. The highest BCUT2D eigenvalue weighted by atomic mass is 31.3. The maximum absolute atomic E-state index is 11.2. The first-order valence-corrected chi connectivity index (χ1v) is 9.53. The lowest BCUT2D eigenvalue weighted by atomic mass is 9.96. The van der Waals surface area contributed by atoms with Gasteiger partial charge in [0.05, 0.1) is 12.7 Å². The van der Waals surface area contributed by atoms with E-state index in [4.69, 9.17) is 17.5 Å². The van der Waals surface area contributed by atoms with E-state index in [9.17, 15) is 33.5 Å². The maximum Gasteiger partial charge on any atom is 0.280 e. The van der Waals surface area contributed by atoms with Gasteiger partial charge in [-0.2, -0.15) is 0 Å². The molecular weight excluding hydrogens is 356 g/mol. The summed E-state index contributed by atoms with van der Waals surface area (Å²) in [4.78, 5) is 40.4. The standard InChI is InChI=1S/C5H12BO12P3/c6-5-1-3(7)4(16-5)2-15-20(11,12)18-21(13,14)17-19(8,9)10/h3-5,7H,1-2H2,(H,11,12)(H,13,14)(H2,8,9,10)/p-3. The Morgan fingerprint density at radius 1 is 1.19 bits per heavy atom. The van der Waals surface area contributed by atoms with Crippen molar-refractivity contribution in [1.82, 2.24) is 0 Å². The van der Waals surface area contributed by atoms with Crippen LogP contribution in [0.2, 0.25) is 0 Å². The van der Waals surface area contributed by atoms with Crippen molar-refractivity contribution in [3.05, 3.63) is 0 Å². The van der Waals surface area contributed by atoms with E-state index < -0.39 is 48.3 Å². The number of ether oxygens (including phenoxy) is 1. The van der Waals surface area contributed by atoms with Gasteiger partial charge in [-0.1, -0.05) is 0 Å². The molecule has 1 aliphatic heterocycles. The van der Waals surface area contributed by atoms with Crippen LogP contribution in [0.3, 0.4) is 0 Å². The van der Waals surface area contributed by atoms with E-state index in [0.29, 0.717) is 0 Å². The van der Waals surface area contributed by atoms with Crippen molar-refractivity contribution in [2.45, 2.75) is 24.6 Å². The normalized spacial score (nSPS) is 34.8. The third-order valence-corrected chi connectivity index (χ3v) is 5.74. The molecule has 1 rings (SSSR count). The molecule has 0 amide bonds. The monoisotopic (exact) mass is 365 g/mol. The third-order valence-electron chi connectivity index (χ3n) is 2.05. The minimum atomic E-state index is -5.93. The average Bonchev–Trinajstić information content (AvgIpc) is 2.48. The lowest BCUT2D eigenvalue weighted by Crippen LogP contribution is -2.27. The molecule has 12 nitrogen and oxygen atoms in total. The van der Waals surface area contributed by atoms with Gasteiger partial charge >= 0.3 is 0 Å². The summed E-state index contributed by atoms with van der Waals surface area (Å²) < 4.78 is 47.6. The molecule has 0 saturated carbocycles. The summed E-state index contributed by atoms with van der Waals surface area (Å²) in [5, 5.41) is 9.37. The van der Waals surface area contributed by atoms with Crippen LogP contribution in [0.5, 0.6) is 0 Å². The Morgan fingerprint density at radius 3 is 2.19 bits per heavy atom. The smallest absolute Gasteiger partial charge is 0.280 e. The lowest BCUT2D eigenvalue weighted by molar-refractivity contribution is -0.250. The second-order valence-corrected chi connectivity index (χ2v) is 8.13. The molecule has 2 N–H and O–H groups in total. The van der Waals surface area contributed by atoms with Crippen molar-refractivity contribution in [2.75, 3.05) is 6.61 Å². The molecule has 1 fully saturated rings. The summed E-state index contributed by atoms with van der Waals surface area (Å²) in [6.07, 6.45) is -2.29. The van der Waals surface area contributed by atoms with Gasteiger partial charge in [-0.25, -0.2) is 8.62 Å². The lowest BCUT2D eigenvalue weighted by Gasteiger charge is -2.33. The first-order valence-electron chi connectivity index (χ1n) is 5.12. The van der Waals surface area contributed by atoms with E-state index >= 15 is 0 Å². The van der Waals surface area contributed by atoms with Gasteiger partial charge in [0.1, 0.15) is 14.0 Å². The highest BCUT2D eigenvalue weighted by Gasteiger charge is 2.33. The average molecular weight is 365 g/mol. The van der Waals surface area contributed by atoms with Gasteiger partial charge < -0.3 is 33.9 Å². The molecule has 1 aliphatic rings. The molecule has 0 aromatic rings. The van der Waals surface area contributed by atoms with Crippen molar-refractivity contribution in [2.24, 2.45) is 0 Å². The van der Waals surface area contributed by atoms with Gasteiger partial charge in [0.25, 0.3) is 23.5 Å². The molecule has 2 radical (unpaired) electrons. The van der Waals surface area contributed by atoms with Crippen LogP contribution in [-0.4, -0.2) is 42.7 Å². The van der Waals surface area contributed by atoms with Crippen LogP contribution >= 0.6 is 23.5 Å². The van der Waals surface area contributed by atoms with Crippen LogP contribution in [-0.2, 0) is 31.6 Å². The summed E-state index contributed by atoms with van der Waals surface area (Å²) in [6.45, 7) is -0.830. The van der Waals surface area contributed by atoms with Crippen molar-refractivity contribution in [1.29, 1.82) is 0 Å². The fourth-order valence-electron chi connectivity index (χ4n) is 1.36. The summed E-state index contributed by atoms with van der Waals surface area (Å²) in [7, 11) is -12.0. The maximum atomic E-state index is 11.2. The van der Waals surface area contributed by atoms with Crippen LogP contribution in [0.4, 0.5) is 0 Å². The van der Waals surface area contributed by atoms with Gasteiger partial charge in [0.15, 0.2) is 0 Å².